The van der Waals surface area contributed by atoms with Crippen LogP contribution in [-0.4, -0.2) is 19.1 Å². The van der Waals surface area contributed by atoms with Crippen molar-refractivity contribution in [2.24, 2.45) is 0 Å². The maximum Gasteiger partial charge on any atom is 0.0411 e. The van der Waals surface area contributed by atoms with E-state index in [4.69, 9.17) is 0 Å². The standard InChI is InChI=1S/C17H28N2/c1-13(2)18-12-15-11-14(3)9-10-17(15)19(4)16-7-5-6-8-16/h9-11,13,16,18H,5-8,12H2,1-4H3. The molecule has 0 unspecified atom stereocenters. The number of rotatable bonds is 5. The first kappa shape index (κ1) is 14.4. The third kappa shape index (κ3) is 3.73. The predicted molar refractivity (Wildman–Crippen MR) is 83.8 cm³/mol. The monoisotopic (exact) mass is 260 g/mol. The smallest absolute Gasteiger partial charge is 0.0411 e. The molecule has 0 aromatic heterocycles. The van der Waals surface area contributed by atoms with Crippen LogP contribution in [0.25, 0.3) is 0 Å². The van der Waals surface area contributed by atoms with Crippen LogP contribution >= 0.6 is 0 Å². The van der Waals surface area contributed by atoms with E-state index in [1.807, 2.05) is 0 Å². The molecule has 1 aliphatic carbocycles. The van der Waals surface area contributed by atoms with Crippen molar-refractivity contribution in [1.82, 2.24) is 5.32 Å². The van der Waals surface area contributed by atoms with Gasteiger partial charge in [-0.3, -0.25) is 0 Å². The van der Waals surface area contributed by atoms with Crippen molar-refractivity contribution in [2.45, 2.75) is 65.1 Å². The Morgan fingerprint density at radius 3 is 2.58 bits per heavy atom. The highest BCUT2D eigenvalue weighted by atomic mass is 15.1. The largest absolute Gasteiger partial charge is 0.371 e. The van der Waals surface area contributed by atoms with E-state index < -0.39 is 0 Å². The van der Waals surface area contributed by atoms with Gasteiger partial charge in [0.15, 0.2) is 0 Å². The van der Waals surface area contributed by atoms with Gasteiger partial charge in [0.2, 0.25) is 0 Å². The molecule has 2 heteroatoms. The minimum absolute atomic E-state index is 0.533. The molecule has 0 aliphatic heterocycles. The van der Waals surface area contributed by atoms with E-state index in [0.717, 1.165) is 12.6 Å². The van der Waals surface area contributed by atoms with Gasteiger partial charge in [-0.25, -0.2) is 0 Å². The Morgan fingerprint density at radius 1 is 1.26 bits per heavy atom. The van der Waals surface area contributed by atoms with Crippen molar-refractivity contribution in [3.05, 3.63) is 29.3 Å². The van der Waals surface area contributed by atoms with E-state index >= 15 is 0 Å². The van der Waals surface area contributed by atoms with Gasteiger partial charge in [0.05, 0.1) is 0 Å². The summed E-state index contributed by atoms with van der Waals surface area (Å²) in [6.07, 6.45) is 5.48. The minimum Gasteiger partial charge on any atom is -0.371 e. The molecule has 0 atom stereocenters. The van der Waals surface area contributed by atoms with Crippen LogP contribution in [0.15, 0.2) is 18.2 Å². The average Bonchev–Trinajstić information content (AvgIpc) is 2.89. The fourth-order valence-corrected chi connectivity index (χ4v) is 3.00. The molecular weight excluding hydrogens is 232 g/mol. The second-order valence-corrected chi connectivity index (χ2v) is 6.22. The van der Waals surface area contributed by atoms with Gasteiger partial charge in [-0.15, -0.1) is 0 Å². The van der Waals surface area contributed by atoms with Gasteiger partial charge >= 0.3 is 0 Å². The molecule has 1 saturated carbocycles. The summed E-state index contributed by atoms with van der Waals surface area (Å²) >= 11 is 0. The van der Waals surface area contributed by atoms with E-state index in [1.54, 1.807) is 0 Å². The lowest BCUT2D eigenvalue weighted by atomic mass is 10.1. The fraction of sp³-hybridized carbons (Fsp3) is 0.647. The van der Waals surface area contributed by atoms with Gasteiger partial charge in [0.1, 0.15) is 0 Å². The van der Waals surface area contributed by atoms with Crippen LogP contribution in [0.4, 0.5) is 5.69 Å². The van der Waals surface area contributed by atoms with E-state index in [9.17, 15) is 0 Å². The topological polar surface area (TPSA) is 15.3 Å². The average molecular weight is 260 g/mol. The minimum atomic E-state index is 0.533. The van der Waals surface area contributed by atoms with Crippen LogP contribution in [0.2, 0.25) is 0 Å². The summed E-state index contributed by atoms with van der Waals surface area (Å²) in [6, 6.07) is 8.13. The zero-order valence-electron chi connectivity index (χ0n) is 12.9. The molecule has 1 aliphatic rings. The summed E-state index contributed by atoms with van der Waals surface area (Å²) in [5.41, 5.74) is 4.19. The molecule has 19 heavy (non-hydrogen) atoms. The van der Waals surface area contributed by atoms with Gasteiger partial charge in [-0.1, -0.05) is 44.4 Å². The highest BCUT2D eigenvalue weighted by molar-refractivity contribution is 5.55. The summed E-state index contributed by atoms with van der Waals surface area (Å²) in [5, 5.41) is 3.55. The Bertz CT molecular complexity index is 406. The number of anilines is 1. The molecular formula is C17H28N2. The number of hydrogen-bond acceptors (Lipinski definition) is 2. The van der Waals surface area contributed by atoms with Gasteiger partial charge in [-0.05, 0) is 31.4 Å². The van der Waals surface area contributed by atoms with E-state index in [2.05, 4.69) is 56.2 Å². The van der Waals surface area contributed by atoms with Crippen molar-refractivity contribution >= 4 is 5.69 Å². The lowest BCUT2D eigenvalue weighted by Crippen LogP contribution is -2.31. The highest BCUT2D eigenvalue weighted by Crippen LogP contribution is 2.29. The maximum atomic E-state index is 3.55. The lowest BCUT2D eigenvalue weighted by molar-refractivity contribution is 0.584. The Labute approximate surface area is 118 Å². The molecule has 0 bridgehead atoms. The summed E-state index contributed by atoms with van der Waals surface area (Å²) < 4.78 is 0. The fourth-order valence-electron chi connectivity index (χ4n) is 3.00. The molecule has 0 amide bonds. The maximum absolute atomic E-state index is 3.55. The van der Waals surface area contributed by atoms with Crippen molar-refractivity contribution in [2.75, 3.05) is 11.9 Å². The first-order valence-electron chi connectivity index (χ1n) is 7.63. The highest BCUT2D eigenvalue weighted by Gasteiger charge is 2.21. The van der Waals surface area contributed by atoms with Crippen LogP contribution < -0.4 is 10.2 Å². The third-order valence-corrected chi connectivity index (χ3v) is 4.19. The van der Waals surface area contributed by atoms with Gasteiger partial charge in [0, 0.05) is 31.4 Å². The van der Waals surface area contributed by atoms with Crippen LogP contribution in [0.5, 0.6) is 0 Å². The molecule has 1 fully saturated rings. The molecule has 0 saturated heterocycles. The van der Waals surface area contributed by atoms with Crippen LogP contribution in [0.3, 0.4) is 0 Å². The zero-order chi connectivity index (χ0) is 13.8. The Balaban J connectivity index is 2.17. The molecule has 0 radical (unpaired) electrons. The molecule has 0 spiro atoms. The molecule has 2 rings (SSSR count). The molecule has 1 aromatic carbocycles. The number of hydrogen-bond donors (Lipinski definition) is 1. The normalized spacial score (nSPS) is 16.3. The Morgan fingerprint density at radius 2 is 1.95 bits per heavy atom. The SMILES string of the molecule is Cc1ccc(N(C)C2CCCC2)c(CNC(C)C)c1. The molecule has 2 nitrogen and oxygen atoms in total. The number of nitrogens with zero attached hydrogens (tertiary/aromatic N) is 1. The zero-order valence-corrected chi connectivity index (χ0v) is 12.9. The first-order chi connectivity index (χ1) is 9.08. The van der Waals surface area contributed by atoms with Crippen LogP contribution in [0, 0.1) is 6.92 Å². The molecule has 1 aromatic rings. The van der Waals surface area contributed by atoms with Crippen molar-refractivity contribution in [3.63, 3.8) is 0 Å². The van der Waals surface area contributed by atoms with Gasteiger partial charge in [-0.2, -0.15) is 0 Å². The van der Waals surface area contributed by atoms with Crippen molar-refractivity contribution in [3.8, 4) is 0 Å². The first-order valence-corrected chi connectivity index (χ1v) is 7.63. The molecule has 1 N–H and O–H groups in total. The summed E-state index contributed by atoms with van der Waals surface area (Å²) in [5.74, 6) is 0. The third-order valence-electron chi connectivity index (χ3n) is 4.19. The molecule has 106 valence electrons. The Kier molecular flexibility index (Phi) is 4.87. The summed E-state index contributed by atoms with van der Waals surface area (Å²) in [4.78, 5) is 2.50. The van der Waals surface area contributed by atoms with E-state index in [1.165, 1.54) is 42.5 Å². The second-order valence-electron chi connectivity index (χ2n) is 6.22. The second kappa shape index (κ2) is 6.42. The Hall–Kier alpha value is -1.02. The quantitative estimate of drug-likeness (QED) is 0.864. The number of nitrogens with one attached hydrogen (secondary N) is 1. The van der Waals surface area contributed by atoms with Gasteiger partial charge < -0.3 is 10.2 Å². The molecule has 0 heterocycles. The van der Waals surface area contributed by atoms with Crippen molar-refractivity contribution in [1.29, 1.82) is 0 Å². The summed E-state index contributed by atoms with van der Waals surface area (Å²) in [7, 11) is 2.26. The number of aryl methyl sites for hydroxylation is 1. The van der Waals surface area contributed by atoms with Crippen molar-refractivity contribution < 1.29 is 0 Å². The predicted octanol–water partition coefficient (Wildman–Crippen LogP) is 3.87. The van der Waals surface area contributed by atoms with Crippen LogP contribution in [-0.2, 0) is 6.54 Å². The van der Waals surface area contributed by atoms with E-state index in [0.29, 0.717) is 6.04 Å². The van der Waals surface area contributed by atoms with Crippen LogP contribution in [0.1, 0.15) is 50.7 Å². The van der Waals surface area contributed by atoms with E-state index in [-0.39, 0.29) is 0 Å². The number of benzene rings is 1. The summed E-state index contributed by atoms with van der Waals surface area (Å²) in [6.45, 7) is 7.55. The lowest BCUT2D eigenvalue weighted by Gasteiger charge is -2.29. The van der Waals surface area contributed by atoms with Gasteiger partial charge in [0.25, 0.3) is 0 Å².